The van der Waals surface area contributed by atoms with E-state index in [2.05, 4.69) is 43.1 Å². The number of carbonyl (C=O) groups is 1. The number of amides is 1. The van der Waals surface area contributed by atoms with Crippen molar-refractivity contribution in [2.24, 2.45) is 0 Å². The molecule has 8 nitrogen and oxygen atoms in total. The minimum Gasteiger partial charge on any atom is -0.341 e. The molecule has 2 rings (SSSR count). The number of tetrazole rings is 1. The lowest BCUT2D eigenvalue weighted by Crippen LogP contribution is -2.27. The highest BCUT2D eigenvalue weighted by molar-refractivity contribution is 5.92. The lowest BCUT2D eigenvalue weighted by molar-refractivity contribution is 0.0933. The predicted octanol–water partition coefficient (Wildman–Crippen LogP) is 0.366. The van der Waals surface area contributed by atoms with Crippen LogP contribution in [0.25, 0.3) is 0 Å². The van der Waals surface area contributed by atoms with Crippen LogP contribution in [-0.2, 0) is 6.42 Å². The molecular formula is C10H15N7O. The number of nitrogens with one attached hydrogen (secondary N) is 3. The Balaban J connectivity index is 1.98. The molecule has 0 aliphatic heterocycles. The Hall–Kier alpha value is -2.25. The van der Waals surface area contributed by atoms with E-state index in [-0.39, 0.29) is 11.9 Å². The molecule has 1 atom stereocenters. The molecule has 0 radical (unpaired) electrons. The van der Waals surface area contributed by atoms with Crippen molar-refractivity contribution in [2.45, 2.75) is 32.7 Å². The fourth-order valence-corrected chi connectivity index (χ4v) is 1.56. The highest BCUT2D eigenvalue weighted by Crippen LogP contribution is 2.07. The zero-order chi connectivity index (χ0) is 13.0. The van der Waals surface area contributed by atoms with E-state index in [1.807, 2.05) is 0 Å². The van der Waals surface area contributed by atoms with Crippen LogP contribution in [0.15, 0.2) is 6.07 Å². The van der Waals surface area contributed by atoms with Crippen molar-refractivity contribution < 1.29 is 4.79 Å². The Morgan fingerprint density at radius 1 is 1.50 bits per heavy atom. The molecule has 3 N–H and O–H groups in total. The molecule has 0 unspecified atom stereocenters. The molecular weight excluding hydrogens is 234 g/mol. The zero-order valence-corrected chi connectivity index (χ0v) is 10.3. The molecule has 2 aromatic rings. The number of H-pyrrole nitrogens is 2. The predicted molar refractivity (Wildman–Crippen MR) is 62.6 cm³/mol. The average molecular weight is 249 g/mol. The largest absolute Gasteiger partial charge is 0.341 e. The third kappa shape index (κ3) is 2.70. The van der Waals surface area contributed by atoms with Gasteiger partial charge in [-0.1, -0.05) is 18.6 Å². The molecule has 18 heavy (non-hydrogen) atoms. The van der Waals surface area contributed by atoms with Gasteiger partial charge in [-0.15, -0.1) is 10.2 Å². The van der Waals surface area contributed by atoms with Gasteiger partial charge >= 0.3 is 0 Å². The molecule has 0 bridgehead atoms. The van der Waals surface area contributed by atoms with E-state index in [9.17, 15) is 4.79 Å². The standard InChI is InChI=1S/C10H15N7O/c1-3-4-7-5-8(13-12-7)10(18)11-6(2)9-14-16-17-15-9/h5-6H,3-4H2,1-2H3,(H,11,18)(H,12,13)(H,14,15,16,17)/t6-/m1/s1. The van der Waals surface area contributed by atoms with E-state index in [1.165, 1.54) is 0 Å². The maximum atomic E-state index is 11.9. The molecule has 0 saturated carbocycles. The minimum absolute atomic E-state index is 0.258. The van der Waals surface area contributed by atoms with Gasteiger partial charge in [0.2, 0.25) is 0 Å². The van der Waals surface area contributed by atoms with Crippen LogP contribution in [0.4, 0.5) is 0 Å². The fraction of sp³-hybridized carbons (Fsp3) is 0.500. The summed E-state index contributed by atoms with van der Waals surface area (Å²) in [4.78, 5) is 11.9. The Bertz CT molecular complexity index is 504. The second-order valence-electron chi connectivity index (χ2n) is 3.99. The van der Waals surface area contributed by atoms with Crippen molar-refractivity contribution in [3.05, 3.63) is 23.3 Å². The van der Waals surface area contributed by atoms with Gasteiger partial charge in [-0.05, 0) is 19.4 Å². The van der Waals surface area contributed by atoms with E-state index in [0.717, 1.165) is 18.5 Å². The highest BCUT2D eigenvalue weighted by atomic mass is 16.2. The lowest BCUT2D eigenvalue weighted by Gasteiger charge is -2.07. The van der Waals surface area contributed by atoms with Crippen LogP contribution >= 0.6 is 0 Å². The minimum atomic E-state index is -0.317. The van der Waals surface area contributed by atoms with E-state index < -0.39 is 0 Å². The monoisotopic (exact) mass is 249 g/mol. The average Bonchev–Trinajstić information content (AvgIpc) is 3.00. The summed E-state index contributed by atoms with van der Waals surface area (Å²) in [6.07, 6.45) is 1.88. The van der Waals surface area contributed by atoms with Gasteiger partial charge < -0.3 is 5.32 Å². The van der Waals surface area contributed by atoms with Crippen LogP contribution in [-0.4, -0.2) is 36.7 Å². The van der Waals surface area contributed by atoms with Crippen LogP contribution in [0.1, 0.15) is 48.3 Å². The van der Waals surface area contributed by atoms with Crippen molar-refractivity contribution in [1.82, 2.24) is 36.1 Å². The third-order valence-corrected chi connectivity index (χ3v) is 2.48. The van der Waals surface area contributed by atoms with Crippen molar-refractivity contribution in [3.63, 3.8) is 0 Å². The SMILES string of the molecule is CCCc1cc(C(=O)N[C@H](C)c2nn[nH]n2)n[nH]1. The Morgan fingerprint density at radius 3 is 3.00 bits per heavy atom. The molecule has 2 aromatic heterocycles. The molecule has 0 fully saturated rings. The number of hydrogen-bond donors (Lipinski definition) is 3. The lowest BCUT2D eigenvalue weighted by atomic mass is 10.2. The van der Waals surface area contributed by atoms with Crippen LogP contribution in [0.5, 0.6) is 0 Å². The summed E-state index contributed by atoms with van der Waals surface area (Å²) in [5.74, 6) is 0.179. The van der Waals surface area contributed by atoms with Crippen molar-refractivity contribution in [3.8, 4) is 0 Å². The van der Waals surface area contributed by atoms with Crippen LogP contribution in [0.3, 0.4) is 0 Å². The number of carbonyl (C=O) groups excluding carboxylic acids is 1. The Kier molecular flexibility index (Phi) is 3.66. The van der Waals surface area contributed by atoms with Crippen LogP contribution < -0.4 is 5.32 Å². The Labute approximate surface area is 104 Å². The van der Waals surface area contributed by atoms with Gasteiger partial charge in [-0.2, -0.15) is 10.3 Å². The summed E-state index contributed by atoms with van der Waals surface area (Å²) in [5.41, 5.74) is 1.32. The maximum Gasteiger partial charge on any atom is 0.272 e. The summed E-state index contributed by atoms with van der Waals surface area (Å²) in [5, 5.41) is 22.9. The fourth-order valence-electron chi connectivity index (χ4n) is 1.56. The molecule has 96 valence electrons. The van der Waals surface area contributed by atoms with Gasteiger partial charge in [-0.3, -0.25) is 9.89 Å². The normalized spacial score (nSPS) is 12.3. The molecule has 2 heterocycles. The molecule has 0 saturated heterocycles. The smallest absolute Gasteiger partial charge is 0.272 e. The molecule has 0 aliphatic rings. The van der Waals surface area contributed by atoms with Crippen LogP contribution in [0.2, 0.25) is 0 Å². The third-order valence-electron chi connectivity index (χ3n) is 2.48. The van der Waals surface area contributed by atoms with Crippen molar-refractivity contribution in [1.29, 1.82) is 0 Å². The van der Waals surface area contributed by atoms with Gasteiger partial charge in [0.1, 0.15) is 5.69 Å². The van der Waals surface area contributed by atoms with E-state index in [4.69, 9.17) is 0 Å². The molecule has 0 aromatic carbocycles. The number of hydrogen-bond acceptors (Lipinski definition) is 5. The number of aromatic nitrogens is 6. The highest BCUT2D eigenvalue weighted by Gasteiger charge is 2.16. The summed E-state index contributed by atoms with van der Waals surface area (Å²) in [7, 11) is 0. The Morgan fingerprint density at radius 2 is 2.33 bits per heavy atom. The van der Waals surface area contributed by atoms with Crippen LogP contribution in [0, 0.1) is 0 Å². The molecule has 8 heteroatoms. The zero-order valence-electron chi connectivity index (χ0n) is 10.3. The summed E-state index contributed by atoms with van der Waals surface area (Å²) in [6.45, 7) is 3.85. The van der Waals surface area contributed by atoms with Crippen molar-refractivity contribution >= 4 is 5.91 Å². The second kappa shape index (κ2) is 5.39. The summed E-state index contributed by atoms with van der Waals surface area (Å²) >= 11 is 0. The maximum absolute atomic E-state index is 11.9. The first kappa shape index (κ1) is 12.2. The van der Waals surface area contributed by atoms with E-state index in [0.29, 0.717) is 11.5 Å². The quantitative estimate of drug-likeness (QED) is 0.708. The summed E-state index contributed by atoms with van der Waals surface area (Å²) < 4.78 is 0. The first-order chi connectivity index (χ1) is 8.70. The second-order valence-corrected chi connectivity index (χ2v) is 3.99. The molecule has 0 spiro atoms. The van der Waals surface area contributed by atoms with Gasteiger partial charge in [0.15, 0.2) is 5.82 Å². The first-order valence-corrected chi connectivity index (χ1v) is 5.79. The number of rotatable bonds is 5. The number of aryl methyl sites for hydroxylation is 1. The number of nitrogens with zero attached hydrogens (tertiary/aromatic N) is 4. The molecule has 0 aliphatic carbocycles. The van der Waals surface area contributed by atoms with E-state index >= 15 is 0 Å². The topological polar surface area (TPSA) is 112 Å². The number of aromatic amines is 2. The van der Waals surface area contributed by atoms with Gasteiger partial charge in [-0.25, -0.2) is 0 Å². The van der Waals surface area contributed by atoms with Gasteiger partial charge in [0, 0.05) is 5.69 Å². The first-order valence-electron chi connectivity index (χ1n) is 5.79. The van der Waals surface area contributed by atoms with Gasteiger partial charge in [0.05, 0.1) is 6.04 Å². The van der Waals surface area contributed by atoms with E-state index in [1.54, 1.807) is 13.0 Å². The summed E-state index contributed by atoms with van der Waals surface area (Å²) in [6, 6.07) is 1.43. The molecule has 1 amide bonds. The van der Waals surface area contributed by atoms with Gasteiger partial charge in [0.25, 0.3) is 5.91 Å². The van der Waals surface area contributed by atoms with Crippen molar-refractivity contribution in [2.75, 3.05) is 0 Å².